The molecule has 0 spiro atoms. The Morgan fingerprint density at radius 3 is 2.76 bits per heavy atom. The summed E-state index contributed by atoms with van der Waals surface area (Å²) in [5, 5.41) is 0.844. The lowest BCUT2D eigenvalue weighted by Crippen LogP contribution is -2.26. The molecule has 130 valence electrons. The second-order valence-electron chi connectivity index (χ2n) is 6.56. The van der Waals surface area contributed by atoms with Crippen LogP contribution in [-0.2, 0) is 6.54 Å². The summed E-state index contributed by atoms with van der Waals surface area (Å²) in [6.07, 6.45) is 3.23. The van der Waals surface area contributed by atoms with Gasteiger partial charge >= 0.3 is 5.76 Å². The van der Waals surface area contributed by atoms with Gasteiger partial charge in [-0.1, -0.05) is 41.9 Å². The van der Waals surface area contributed by atoms with E-state index in [0.29, 0.717) is 18.2 Å². The van der Waals surface area contributed by atoms with Crippen molar-refractivity contribution in [2.24, 2.45) is 0 Å². The van der Waals surface area contributed by atoms with Crippen LogP contribution in [0.15, 0.2) is 57.7 Å². The second kappa shape index (κ2) is 7.06. The van der Waals surface area contributed by atoms with Gasteiger partial charge in [0, 0.05) is 24.2 Å². The summed E-state index contributed by atoms with van der Waals surface area (Å²) in [4.78, 5) is 14.5. The first-order valence-corrected chi connectivity index (χ1v) is 9.19. The number of halogens is 1. The van der Waals surface area contributed by atoms with Crippen molar-refractivity contribution in [3.8, 4) is 0 Å². The summed E-state index contributed by atoms with van der Waals surface area (Å²) in [5.41, 5.74) is 2.74. The highest BCUT2D eigenvalue weighted by Gasteiger charge is 2.26. The van der Waals surface area contributed by atoms with Crippen LogP contribution < -0.4 is 5.76 Å². The number of likely N-dealkylation sites (tertiary alicyclic amines) is 1. The third-order valence-electron chi connectivity index (χ3n) is 5.03. The maximum atomic E-state index is 12.1. The van der Waals surface area contributed by atoms with Gasteiger partial charge in [-0.3, -0.25) is 9.47 Å². The SMILES string of the molecule is O=c1oc2ccccc2n1CCCN1CCC[C@@H]1c1ccccc1Cl. The van der Waals surface area contributed by atoms with Gasteiger partial charge in [0.15, 0.2) is 5.58 Å². The molecule has 2 heterocycles. The molecule has 1 fully saturated rings. The van der Waals surface area contributed by atoms with Crippen molar-refractivity contribution in [2.75, 3.05) is 13.1 Å². The Bertz CT molecular complexity index is 931. The van der Waals surface area contributed by atoms with Crippen LogP contribution in [-0.4, -0.2) is 22.6 Å². The molecule has 4 nitrogen and oxygen atoms in total. The summed E-state index contributed by atoms with van der Waals surface area (Å²) in [7, 11) is 0. The summed E-state index contributed by atoms with van der Waals surface area (Å²) in [5.74, 6) is -0.273. The fraction of sp³-hybridized carbons (Fsp3) is 0.350. The molecular weight excluding hydrogens is 336 g/mol. The van der Waals surface area contributed by atoms with Crippen LogP contribution in [0.1, 0.15) is 30.9 Å². The molecule has 0 N–H and O–H groups in total. The van der Waals surface area contributed by atoms with Gasteiger partial charge in [0.05, 0.1) is 5.52 Å². The molecule has 0 bridgehead atoms. The van der Waals surface area contributed by atoms with E-state index < -0.39 is 0 Å². The van der Waals surface area contributed by atoms with Gasteiger partial charge in [-0.15, -0.1) is 0 Å². The molecule has 2 aromatic carbocycles. The van der Waals surface area contributed by atoms with E-state index in [1.165, 1.54) is 12.0 Å². The van der Waals surface area contributed by atoms with Crippen LogP contribution in [0.2, 0.25) is 5.02 Å². The molecular formula is C20H21ClN2O2. The zero-order valence-electron chi connectivity index (χ0n) is 14.0. The Morgan fingerprint density at radius 2 is 1.88 bits per heavy atom. The van der Waals surface area contributed by atoms with Crippen LogP contribution in [0.25, 0.3) is 11.1 Å². The molecule has 1 aliphatic rings. The lowest BCUT2D eigenvalue weighted by atomic mass is 10.0. The highest BCUT2D eigenvalue weighted by atomic mass is 35.5. The van der Waals surface area contributed by atoms with E-state index in [9.17, 15) is 4.79 Å². The van der Waals surface area contributed by atoms with Crippen molar-refractivity contribution in [3.63, 3.8) is 0 Å². The smallest absolute Gasteiger partial charge is 0.408 e. The molecule has 1 atom stereocenters. The van der Waals surface area contributed by atoms with Crippen molar-refractivity contribution < 1.29 is 4.42 Å². The monoisotopic (exact) mass is 356 g/mol. The summed E-state index contributed by atoms with van der Waals surface area (Å²) < 4.78 is 7.04. The molecule has 3 aromatic rings. The van der Waals surface area contributed by atoms with Gasteiger partial charge in [-0.25, -0.2) is 4.79 Å². The molecule has 4 rings (SSSR count). The minimum absolute atomic E-state index is 0.273. The van der Waals surface area contributed by atoms with Crippen molar-refractivity contribution in [1.82, 2.24) is 9.47 Å². The minimum atomic E-state index is -0.273. The van der Waals surface area contributed by atoms with E-state index in [1.54, 1.807) is 4.57 Å². The molecule has 0 aliphatic carbocycles. The van der Waals surface area contributed by atoms with E-state index >= 15 is 0 Å². The summed E-state index contributed by atoms with van der Waals surface area (Å²) in [6.45, 7) is 2.69. The molecule has 1 aromatic heterocycles. The van der Waals surface area contributed by atoms with Crippen molar-refractivity contribution >= 4 is 22.7 Å². The quantitative estimate of drug-likeness (QED) is 0.676. The van der Waals surface area contributed by atoms with E-state index in [2.05, 4.69) is 17.0 Å². The van der Waals surface area contributed by atoms with Crippen LogP contribution in [0, 0.1) is 0 Å². The fourth-order valence-electron chi connectivity index (χ4n) is 3.85. The van der Waals surface area contributed by atoms with Crippen LogP contribution in [0.4, 0.5) is 0 Å². The van der Waals surface area contributed by atoms with E-state index in [1.807, 2.05) is 36.4 Å². The largest absolute Gasteiger partial charge is 0.419 e. The number of nitrogens with zero attached hydrogens (tertiary/aromatic N) is 2. The number of oxazole rings is 1. The Morgan fingerprint density at radius 1 is 1.08 bits per heavy atom. The molecule has 0 radical (unpaired) electrons. The first-order chi connectivity index (χ1) is 12.2. The number of rotatable bonds is 5. The van der Waals surface area contributed by atoms with Crippen LogP contribution >= 0.6 is 11.6 Å². The van der Waals surface area contributed by atoms with Gasteiger partial charge in [-0.2, -0.15) is 0 Å². The Kier molecular flexibility index (Phi) is 4.64. The minimum Gasteiger partial charge on any atom is -0.408 e. The topological polar surface area (TPSA) is 38.4 Å². The lowest BCUT2D eigenvalue weighted by molar-refractivity contribution is 0.248. The molecule has 0 amide bonds. The van der Waals surface area contributed by atoms with Crippen molar-refractivity contribution in [3.05, 3.63) is 69.7 Å². The van der Waals surface area contributed by atoms with Crippen molar-refractivity contribution in [2.45, 2.75) is 31.8 Å². The fourth-order valence-corrected chi connectivity index (χ4v) is 4.11. The molecule has 1 saturated heterocycles. The number of aryl methyl sites for hydroxylation is 1. The first-order valence-electron chi connectivity index (χ1n) is 8.81. The molecule has 0 saturated carbocycles. The molecule has 1 aliphatic heterocycles. The maximum absolute atomic E-state index is 12.1. The third kappa shape index (κ3) is 3.24. The normalized spacial score (nSPS) is 18.2. The summed E-state index contributed by atoms with van der Waals surface area (Å²) >= 11 is 6.39. The van der Waals surface area contributed by atoms with E-state index in [-0.39, 0.29) is 5.76 Å². The maximum Gasteiger partial charge on any atom is 0.419 e. The average molecular weight is 357 g/mol. The number of aromatic nitrogens is 1. The van der Waals surface area contributed by atoms with Gasteiger partial charge in [-0.05, 0) is 49.6 Å². The first kappa shape index (κ1) is 16.4. The predicted molar refractivity (Wildman–Crippen MR) is 100 cm³/mol. The zero-order chi connectivity index (χ0) is 17.2. The van der Waals surface area contributed by atoms with E-state index in [4.69, 9.17) is 16.0 Å². The second-order valence-corrected chi connectivity index (χ2v) is 6.96. The molecule has 5 heteroatoms. The van der Waals surface area contributed by atoms with Gasteiger partial charge in [0.1, 0.15) is 0 Å². The van der Waals surface area contributed by atoms with E-state index in [0.717, 1.165) is 36.5 Å². The highest BCUT2D eigenvalue weighted by molar-refractivity contribution is 6.31. The summed E-state index contributed by atoms with van der Waals surface area (Å²) in [6, 6.07) is 16.1. The van der Waals surface area contributed by atoms with Crippen LogP contribution in [0.5, 0.6) is 0 Å². The number of fused-ring (bicyclic) bond motifs is 1. The molecule has 25 heavy (non-hydrogen) atoms. The van der Waals surface area contributed by atoms with Crippen molar-refractivity contribution in [1.29, 1.82) is 0 Å². The Hall–Kier alpha value is -2.04. The van der Waals surface area contributed by atoms with Gasteiger partial charge in [0.2, 0.25) is 0 Å². The number of hydrogen-bond donors (Lipinski definition) is 0. The lowest BCUT2D eigenvalue weighted by Gasteiger charge is -2.25. The number of benzene rings is 2. The third-order valence-corrected chi connectivity index (χ3v) is 5.37. The van der Waals surface area contributed by atoms with Gasteiger partial charge in [0.25, 0.3) is 0 Å². The Labute approximate surface area is 151 Å². The highest BCUT2D eigenvalue weighted by Crippen LogP contribution is 2.35. The van der Waals surface area contributed by atoms with Gasteiger partial charge < -0.3 is 4.42 Å². The molecule has 0 unspecified atom stereocenters. The predicted octanol–water partition coefficient (Wildman–Crippen LogP) is 4.48. The Balaban J connectivity index is 1.45. The van der Waals surface area contributed by atoms with Crippen LogP contribution in [0.3, 0.4) is 0 Å². The number of para-hydroxylation sites is 2. The number of hydrogen-bond acceptors (Lipinski definition) is 3. The zero-order valence-corrected chi connectivity index (χ0v) is 14.8. The standard InChI is InChI=1S/C20H21ClN2O2/c21-16-8-2-1-7-15(16)17-10-5-12-22(17)13-6-14-23-18-9-3-4-11-19(18)25-20(23)24/h1-4,7-9,11,17H,5-6,10,12-14H2/t17-/m1/s1. The average Bonchev–Trinajstić information content (AvgIpc) is 3.20.